The van der Waals surface area contributed by atoms with Crippen molar-refractivity contribution in [1.29, 1.82) is 0 Å². The lowest BCUT2D eigenvalue weighted by Crippen LogP contribution is -2.44. The van der Waals surface area contributed by atoms with Crippen molar-refractivity contribution in [3.8, 4) is 6.01 Å². The fraction of sp³-hybridized carbons (Fsp3) is 0.421. The van der Waals surface area contributed by atoms with Crippen LogP contribution in [0.1, 0.15) is 42.6 Å². The number of ether oxygens (including phenoxy) is 1. The van der Waals surface area contributed by atoms with Crippen molar-refractivity contribution in [3.63, 3.8) is 0 Å². The van der Waals surface area contributed by atoms with E-state index in [1.807, 2.05) is 6.92 Å². The molecular weight excluding hydrogens is 366 g/mol. The Morgan fingerprint density at radius 3 is 2.48 bits per heavy atom. The highest BCUT2D eigenvalue weighted by Crippen LogP contribution is 2.23. The third-order valence-corrected chi connectivity index (χ3v) is 6.48. The van der Waals surface area contributed by atoms with Gasteiger partial charge >= 0.3 is 6.01 Å². The molecule has 1 aromatic heterocycles. The van der Waals surface area contributed by atoms with E-state index in [4.69, 9.17) is 4.74 Å². The summed E-state index contributed by atoms with van der Waals surface area (Å²) in [5.74, 6) is -0.0977. The van der Waals surface area contributed by atoms with E-state index in [0.29, 0.717) is 18.5 Å². The molecule has 1 saturated heterocycles. The lowest BCUT2D eigenvalue weighted by atomic mass is 10.1. The third kappa shape index (κ3) is 4.51. The lowest BCUT2D eigenvalue weighted by Gasteiger charge is -2.31. The molecule has 1 fully saturated rings. The molecule has 144 valence electrons. The van der Waals surface area contributed by atoms with E-state index in [9.17, 15) is 13.2 Å². The van der Waals surface area contributed by atoms with E-state index >= 15 is 0 Å². The first kappa shape index (κ1) is 19.4. The van der Waals surface area contributed by atoms with Gasteiger partial charge in [0.05, 0.1) is 11.4 Å². The predicted molar refractivity (Wildman–Crippen MR) is 100 cm³/mol. The van der Waals surface area contributed by atoms with Crippen LogP contribution < -0.4 is 4.74 Å². The van der Waals surface area contributed by atoms with Gasteiger partial charge in [0.15, 0.2) is 5.78 Å². The zero-order chi connectivity index (χ0) is 19.4. The number of aryl methyl sites for hydroxylation is 1. The van der Waals surface area contributed by atoms with Gasteiger partial charge in [0.25, 0.3) is 0 Å². The Hall–Kier alpha value is -2.32. The number of aromatic nitrogens is 2. The average Bonchev–Trinajstić information content (AvgIpc) is 2.69. The molecule has 1 unspecified atom stereocenters. The smallest absolute Gasteiger partial charge is 0.316 e. The summed E-state index contributed by atoms with van der Waals surface area (Å²) in [6, 6.07) is 6.29. The molecule has 0 saturated carbocycles. The maximum absolute atomic E-state index is 12.9. The summed E-state index contributed by atoms with van der Waals surface area (Å²) in [4.78, 5) is 19.9. The number of carbonyl (C=O) groups is 1. The van der Waals surface area contributed by atoms with Crippen molar-refractivity contribution in [3.05, 3.63) is 47.8 Å². The number of ketones is 1. The molecule has 1 aliphatic rings. The van der Waals surface area contributed by atoms with Gasteiger partial charge in [0, 0.05) is 24.5 Å². The first-order chi connectivity index (χ1) is 12.9. The molecule has 1 aromatic carbocycles. The number of Topliss-reactive ketones (excluding diaryl/α,β-unsaturated/α-hetero) is 1. The molecular formula is C19H23N3O4S. The molecule has 0 amide bonds. The third-order valence-electron chi connectivity index (χ3n) is 4.60. The zero-order valence-corrected chi connectivity index (χ0v) is 16.3. The van der Waals surface area contributed by atoms with Gasteiger partial charge in [0.2, 0.25) is 10.0 Å². The standard InChI is InChI=1S/C19H23N3O4S/c1-3-15-11-20-19(21-12-15)26-17-5-4-10-22(13-17)27(24,25)18-8-6-16(7-9-18)14(2)23/h6-9,11-12,17H,3-5,10,13H2,1-2H3. The van der Waals surface area contributed by atoms with Crippen LogP contribution in [0.25, 0.3) is 0 Å². The number of nitrogens with zero attached hydrogens (tertiary/aromatic N) is 3. The van der Waals surface area contributed by atoms with Gasteiger partial charge in [-0.1, -0.05) is 19.1 Å². The van der Waals surface area contributed by atoms with Crippen LogP contribution in [-0.2, 0) is 16.4 Å². The van der Waals surface area contributed by atoms with Crippen LogP contribution in [0.3, 0.4) is 0 Å². The van der Waals surface area contributed by atoms with E-state index in [0.717, 1.165) is 18.4 Å². The van der Waals surface area contributed by atoms with Crippen LogP contribution in [0.2, 0.25) is 0 Å². The fourth-order valence-electron chi connectivity index (χ4n) is 2.97. The largest absolute Gasteiger partial charge is 0.459 e. The molecule has 3 rings (SSSR count). The Morgan fingerprint density at radius 2 is 1.89 bits per heavy atom. The number of rotatable bonds is 6. The summed E-state index contributed by atoms with van der Waals surface area (Å²) < 4.78 is 33.0. The van der Waals surface area contributed by atoms with Crippen LogP contribution in [-0.4, -0.2) is 47.7 Å². The second-order valence-electron chi connectivity index (χ2n) is 6.55. The minimum Gasteiger partial charge on any atom is -0.459 e. The van der Waals surface area contributed by atoms with Gasteiger partial charge in [0.1, 0.15) is 6.10 Å². The highest BCUT2D eigenvalue weighted by Gasteiger charge is 2.31. The molecule has 0 radical (unpaired) electrons. The number of sulfonamides is 1. The Bertz CT molecular complexity index is 896. The molecule has 0 aliphatic carbocycles. The molecule has 27 heavy (non-hydrogen) atoms. The summed E-state index contributed by atoms with van der Waals surface area (Å²) in [7, 11) is -3.64. The summed E-state index contributed by atoms with van der Waals surface area (Å²) in [6.07, 6.45) is 5.43. The number of benzene rings is 1. The van der Waals surface area contributed by atoms with Crippen LogP contribution >= 0.6 is 0 Å². The monoisotopic (exact) mass is 389 g/mol. The maximum atomic E-state index is 12.9. The van der Waals surface area contributed by atoms with Crippen LogP contribution in [0.15, 0.2) is 41.6 Å². The Labute approximate surface area is 159 Å². The minimum absolute atomic E-state index is 0.0977. The minimum atomic E-state index is -3.64. The fourth-order valence-corrected chi connectivity index (χ4v) is 4.48. The van der Waals surface area contributed by atoms with E-state index in [-0.39, 0.29) is 29.3 Å². The van der Waals surface area contributed by atoms with Gasteiger partial charge in [-0.05, 0) is 43.9 Å². The normalized spacial score (nSPS) is 18.2. The second kappa shape index (κ2) is 8.14. The van der Waals surface area contributed by atoms with Crippen LogP contribution in [0, 0.1) is 0 Å². The molecule has 0 spiro atoms. The van der Waals surface area contributed by atoms with Crippen molar-refractivity contribution in [2.24, 2.45) is 0 Å². The SMILES string of the molecule is CCc1cnc(OC2CCCN(S(=O)(=O)c3ccc(C(C)=O)cc3)C2)nc1. The average molecular weight is 389 g/mol. The molecule has 1 atom stereocenters. The molecule has 8 heteroatoms. The zero-order valence-electron chi connectivity index (χ0n) is 15.5. The number of hydrogen-bond donors (Lipinski definition) is 0. The summed E-state index contributed by atoms with van der Waals surface area (Å²) in [6.45, 7) is 4.15. The summed E-state index contributed by atoms with van der Waals surface area (Å²) in [5.41, 5.74) is 1.51. The van der Waals surface area contributed by atoms with Gasteiger partial charge < -0.3 is 4.74 Å². The molecule has 0 bridgehead atoms. The van der Waals surface area contributed by atoms with Gasteiger partial charge in [-0.15, -0.1) is 0 Å². The summed E-state index contributed by atoms with van der Waals surface area (Å²) >= 11 is 0. The Balaban J connectivity index is 1.71. The van der Waals surface area contributed by atoms with Gasteiger partial charge in [-0.2, -0.15) is 4.31 Å². The topological polar surface area (TPSA) is 89.5 Å². The predicted octanol–water partition coefficient (Wildman–Crippen LogP) is 2.47. The molecule has 2 heterocycles. The van der Waals surface area contributed by atoms with Crippen molar-refractivity contribution < 1.29 is 17.9 Å². The number of hydrogen-bond acceptors (Lipinski definition) is 6. The van der Waals surface area contributed by atoms with Crippen molar-refractivity contribution in [1.82, 2.24) is 14.3 Å². The lowest BCUT2D eigenvalue weighted by molar-refractivity contribution is 0.101. The molecule has 7 nitrogen and oxygen atoms in total. The number of piperidine rings is 1. The second-order valence-corrected chi connectivity index (χ2v) is 8.49. The van der Waals surface area contributed by atoms with Gasteiger partial charge in [-0.3, -0.25) is 4.79 Å². The number of carbonyl (C=O) groups excluding carboxylic acids is 1. The van der Waals surface area contributed by atoms with Crippen molar-refractivity contribution in [2.45, 2.75) is 44.1 Å². The van der Waals surface area contributed by atoms with Crippen LogP contribution in [0.4, 0.5) is 0 Å². The molecule has 1 aliphatic heterocycles. The van der Waals surface area contributed by atoms with E-state index in [2.05, 4.69) is 9.97 Å². The van der Waals surface area contributed by atoms with Crippen molar-refractivity contribution >= 4 is 15.8 Å². The first-order valence-electron chi connectivity index (χ1n) is 8.99. The maximum Gasteiger partial charge on any atom is 0.316 e. The Morgan fingerprint density at radius 1 is 1.22 bits per heavy atom. The molecule has 0 N–H and O–H groups in total. The quantitative estimate of drug-likeness (QED) is 0.705. The first-order valence-corrected chi connectivity index (χ1v) is 10.4. The van der Waals surface area contributed by atoms with Gasteiger partial charge in [-0.25, -0.2) is 18.4 Å². The Kier molecular flexibility index (Phi) is 5.86. The molecule has 2 aromatic rings. The highest BCUT2D eigenvalue weighted by molar-refractivity contribution is 7.89. The summed E-state index contributed by atoms with van der Waals surface area (Å²) in [5, 5.41) is 0. The van der Waals surface area contributed by atoms with E-state index in [1.165, 1.54) is 35.5 Å². The highest BCUT2D eigenvalue weighted by atomic mass is 32.2. The van der Waals surface area contributed by atoms with Crippen molar-refractivity contribution in [2.75, 3.05) is 13.1 Å². The van der Waals surface area contributed by atoms with E-state index < -0.39 is 10.0 Å². The van der Waals surface area contributed by atoms with Crippen LogP contribution in [0.5, 0.6) is 6.01 Å². The van der Waals surface area contributed by atoms with E-state index in [1.54, 1.807) is 12.4 Å².